The van der Waals surface area contributed by atoms with Crippen molar-refractivity contribution in [3.05, 3.63) is 35.6 Å². The van der Waals surface area contributed by atoms with Crippen molar-refractivity contribution < 1.29 is 18.7 Å². The number of piperazine rings is 1. The van der Waals surface area contributed by atoms with Crippen LogP contribution in [0, 0.1) is 5.82 Å². The van der Waals surface area contributed by atoms with E-state index in [1.165, 1.54) is 21.9 Å². The van der Waals surface area contributed by atoms with Gasteiger partial charge < -0.3 is 14.5 Å². The van der Waals surface area contributed by atoms with Crippen LogP contribution in [0.25, 0.3) is 0 Å². The molecule has 1 aliphatic rings. The Morgan fingerprint density at radius 1 is 1.38 bits per heavy atom. The number of methoxy groups -OCH3 is 1. The number of benzene rings is 1. The van der Waals surface area contributed by atoms with Gasteiger partial charge in [-0.25, -0.2) is 4.39 Å². The summed E-state index contributed by atoms with van der Waals surface area (Å²) in [6.45, 7) is 2.76. The van der Waals surface area contributed by atoms with Gasteiger partial charge in [0.15, 0.2) is 0 Å². The zero-order chi connectivity index (χ0) is 15.4. The first-order valence-electron chi connectivity index (χ1n) is 6.84. The van der Waals surface area contributed by atoms with Crippen LogP contribution in [-0.2, 0) is 20.9 Å². The monoisotopic (exact) mass is 294 g/mol. The first kappa shape index (κ1) is 15.4. The molecule has 0 aliphatic carbocycles. The highest BCUT2D eigenvalue weighted by atomic mass is 19.1. The van der Waals surface area contributed by atoms with Gasteiger partial charge in [-0.05, 0) is 24.6 Å². The maximum Gasteiger partial charge on any atom is 0.245 e. The standard InChI is InChI=1S/C15H19FN2O3/c1-11-15(20)17(9-12-4-3-5-13(16)8-12)10-14(19)18(11)6-7-21-2/h3-5,8,11H,6-7,9-10H2,1-2H3/t11-/m0/s1. The molecule has 0 radical (unpaired) electrons. The topological polar surface area (TPSA) is 49.9 Å². The summed E-state index contributed by atoms with van der Waals surface area (Å²) in [4.78, 5) is 27.4. The molecular formula is C15H19FN2O3. The molecule has 114 valence electrons. The molecule has 0 unspecified atom stereocenters. The van der Waals surface area contributed by atoms with Gasteiger partial charge in [0.2, 0.25) is 11.8 Å². The SMILES string of the molecule is COCCN1C(=O)CN(Cc2cccc(F)c2)C(=O)[C@@H]1C. The minimum absolute atomic E-state index is 0.0173. The Balaban J connectivity index is 2.06. The lowest BCUT2D eigenvalue weighted by molar-refractivity contribution is -0.156. The van der Waals surface area contributed by atoms with E-state index in [0.717, 1.165) is 0 Å². The number of carbonyl (C=O) groups is 2. The van der Waals surface area contributed by atoms with Crippen LogP contribution in [0.2, 0.25) is 0 Å². The highest BCUT2D eigenvalue weighted by Crippen LogP contribution is 2.16. The molecule has 6 heteroatoms. The average Bonchev–Trinajstić information content (AvgIpc) is 2.44. The fourth-order valence-corrected chi connectivity index (χ4v) is 2.44. The summed E-state index contributed by atoms with van der Waals surface area (Å²) in [6, 6.07) is 5.54. The summed E-state index contributed by atoms with van der Waals surface area (Å²) in [7, 11) is 1.55. The Bertz CT molecular complexity index is 535. The zero-order valence-electron chi connectivity index (χ0n) is 12.2. The van der Waals surface area contributed by atoms with E-state index in [9.17, 15) is 14.0 Å². The van der Waals surface area contributed by atoms with Gasteiger partial charge in [-0.15, -0.1) is 0 Å². The van der Waals surface area contributed by atoms with E-state index in [2.05, 4.69) is 0 Å². The van der Waals surface area contributed by atoms with E-state index in [1.807, 2.05) is 0 Å². The second kappa shape index (κ2) is 6.67. The number of nitrogens with zero attached hydrogens (tertiary/aromatic N) is 2. The van der Waals surface area contributed by atoms with Gasteiger partial charge in [-0.2, -0.15) is 0 Å². The molecule has 0 N–H and O–H groups in total. The normalized spacial score (nSPS) is 19.3. The zero-order valence-corrected chi connectivity index (χ0v) is 12.2. The van der Waals surface area contributed by atoms with Crippen LogP contribution < -0.4 is 0 Å². The summed E-state index contributed by atoms with van der Waals surface area (Å²) >= 11 is 0. The molecule has 0 bridgehead atoms. The largest absolute Gasteiger partial charge is 0.383 e. The van der Waals surface area contributed by atoms with Crippen molar-refractivity contribution in [1.29, 1.82) is 0 Å². The highest BCUT2D eigenvalue weighted by molar-refractivity contribution is 5.94. The smallest absolute Gasteiger partial charge is 0.245 e. The van der Waals surface area contributed by atoms with Gasteiger partial charge in [0, 0.05) is 20.2 Å². The molecule has 1 saturated heterocycles. The quantitative estimate of drug-likeness (QED) is 0.815. The molecule has 1 aromatic carbocycles. The van der Waals surface area contributed by atoms with Gasteiger partial charge >= 0.3 is 0 Å². The molecular weight excluding hydrogens is 275 g/mol. The first-order chi connectivity index (χ1) is 10.0. The Kier molecular flexibility index (Phi) is 4.90. The van der Waals surface area contributed by atoms with Crippen molar-refractivity contribution in [3.8, 4) is 0 Å². The maximum absolute atomic E-state index is 13.2. The molecule has 0 aromatic heterocycles. The van der Waals surface area contributed by atoms with E-state index in [4.69, 9.17) is 4.74 Å². The van der Waals surface area contributed by atoms with E-state index in [-0.39, 0.29) is 30.7 Å². The predicted molar refractivity (Wildman–Crippen MR) is 74.9 cm³/mol. The summed E-state index contributed by atoms with van der Waals surface area (Å²) in [5.41, 5.74) is 0.675. The van der Waals surface area contributed by atoms with Crippen molar-refractivity contribution in [1.82, 2.24) is 9.80 Å². The van der Waals surface area contributed by atoms with Crippen LogP contribution in [0.15, 0.2) is 24.3 Å². The lowest BCUT2D eigenvalue weighted by atomic mass is 10.1. The van der Waals surface area contributed by atoms with E-state index in [1.54, 1.807) is 26.2 Å². The molecule has 0 spiro atoms. The second-order valence-electron chi connectivity index (χ2n) is 5.08. The number of carbonyl (C=O) groups excluding carboxylic acids is 2. The van der Waals surface area contributed by atoms with Crippen molar-refractivity contribution in [2.24, 2.45) is 0 Å². The number of hydrogen-bond acceptors (Lipinski definition) is 3. The number of hydrogen-bond donors (Lipinski definition) is 0. The molecule has 21 heavy (non-hydrogen) atoms. The molecule has 2 rings (SSSR count). The van der Waals surface area contributed by atoms with Crippen molar-refractivity contribution >= 4 is 11.8 Å². The van der Waals surface area contributed by atoms with E-state index < -0.39 is 6.04 Å². The fourth-order valence-electron chi connectivity index (χ4n) is 2.44. The first-order valence-corrected chi connectivity index (χ1v) is 6.84. The Labute approximate surface area is 123 Å². The molecule has 5 nitrogen and oxygen atoms in total. The molecule has 1 aliphatic heterocycles. The van der Waals surface area contributed by atoms with Gasteiger partial charge in [0.25, 0.3) is 0 Å². The van der Waals surface area contributed by atoms with Crippen LogP contribution in [0.5, 0.6) is 0 Å². The average molecular weight is 294 g/mol. The molecule has 1 aromatic rings. The molecule has 0 saturated carbocycles. The van der Waals surface area contributed by atoms with Gasteiger partial charge in [0.1, 0.15) is 18.4 Å². The molecule has 1 atom stereocenters. The highest BCUT2D eigenvalue weighted by Gasteiger charge is 2.35. The van der Waals surface area contributed by atoms with E-state index in [0.29, 0.717) is 18.7 Å². The van der Waals surface area contributed by atoms with Crippen LogP contribution in [0.4, 0.5) is 4.39 Å². The number of rotatable bonds is 5. The number of amides is 2. The molecule has 2 amide bonds. The Morgan fingerprint density at radius 2 is 2.14 bits per heavy atom. The molecule has 1 fully saturated rings. The summed E-state index contributed by atoms with van der Waals surface area (Å²) in [5, 5.41) is 0. The Hall–Kier alpha value is -1.95. The van der Waals surface area contributed by atoms with Crippen LogP contribution in [0.1, 0.15) is 12.5 Å². The van der Waals surface area contributed by atoms with Crippen molar-refractivity contribution in [2.75, 3.05) is 26.8 Å². The third-order valence-electron chi connectivity index (χ3n) is 3.58. The number of halogens is 1. The number of ether oxygens (including phenoxy) is 1. The Morgan fingerprint density at radius 3 is 2.81 bits per heavy atom. The lowest BCUT2D eigenvalue weighted by Gasteiger charge is -2.38. The summed E-state index contributed by atoms with van der Waals surface area (Å²) in [5.74, 6) is -0.594. The van der Waals surface area contributed by atoms with Crippen molar-refractivity contribution in [2.45, 2.75) is 19.5 Å². The van der Waals surface area contributed by atoms with Crippen LogP contribution in [-0.4, -0.2) is 54.5 Å². The molecule has 1 heterocycles. The van der Waals surface area contributed by atoms with Crippen molar-refractivity contribution in [3.63, 3.8) is 0 Å². The van der Waals surface area contributed by atoms with Crippen LogP contribution >= 0.6 is 0 Å². The van der Waals surface area contributed by atoms with Crippen LogP contribution in [0.3, 0.4) is 0 Å². The van der Waals surface area contributed by atoms with Gasteiger partial charge in [0.05, 0.1) is 6.61 Å². The third-order valence-corrected chi connectivity index (χ3v) is 3.58. The summed E-state index contributed by atoms with van der Waals surface area (Å²) in [6.07, 6.45) is 0. The minimum atomic E-state index is -0.519. The second-order valence-corrected chi connectivity index (χ2v) is 5.08. The predicted octanol–water partition coefficient (Wildman–Crippen LogP) is 1.03. The van der Waals surface area contributed by atoms with Gasteiger partial charge in [-0.3, -0.25) is 9.59 Å². The lowest BCUT2D eigenvalue weighted by Crippen LogP contribution is -2.59. The van der Waals surface area contributed by atoms with E-state index >= 15 is 0 Å². The fraction of sp³-hybridized carbons (Fsp3) is 0.467. The minimum Gasteiger partial charge on any atom is -0.383 e. The van der Waals surface area contributed by atoms with Gasteiger partial charge in [-0.1, -0.05) is 12.1 Å². The third kappa shape index (κ3) is 3.58. The summed E-state index contributed by atoms with van der Waals surface area (Å²) < 4.78 is 18.1. The maximum atomic E-state index is 13.2.